The van der Waals surface area contributed by atoms with Gasteiger partial charge < -0.3 is 15.4 Å². The van der Waals surface area contributed by atoms with Crippen LogP contribution in [0.4, 0.5) is 17.3 Å². The van der Waals surface area contributed by atoms with Crippen molar-refractivity contribution in [2.24, 2.45) is 0 Å². The van der Waals surface area contributed by atoms with Crippen molar-refractivity contribution in [1.82, 2.24) is 9.97 Å². The van der Waals surface area contributed by atoms with Crippen molar-refractivity contribution in [3.05, 3.63) is 34.6 Å². The number of methoxy groups -OCH3 is 1. The summed E-state index contributed by atoms with van der Waals surface area (Å²) in [5.74, 6) is 2.25. The van der Waals surface area contributed by atoms with Crippen molar-refractivity contribution < 1.29 is 4.74 Å². The summed E-state index contributed by atoms with van der Waals surface area (Å²) in [5.41, 5.74) is 2.02. The van der Waals surface area contributed by atoms with Gasteiger partial charge in [0.15, 0.2) is 0 Å². The average Bonchev–Trinajstić information content (AvgIpc) is 2.48. The molecule has 1 heterocycles. The molecule has 0 bridgehead atoms. The summed E-state index contributed by atoms with van der Waals surface area (Å²) in [7, 11) is 1.65. The van der Waals surface area contributed by atoms with Crippen LogP contribution in [0.25, 0.3) is 0 Å². The number of rotatable bonds is 6. The number of nitrogens with zero attached hydrogens (tertiary/aromatic N) is 2. The van der Waals surface area contributed by atoms with Gasteiger partial charge in [0.2, 0.25) is 0 Å². The maximum absolute atomic E-state index is 5.37. The number of aryl methyl sites for hydroxylation is 1. The molecule has 0 amide bonds. The van der Waals surface area contributed by atoms with E-state index in [1.54, 1.807) is 7.11 Å². The first-order valence-electron chi connectivity index (χ1n) is 6.81. The van der Waals surface area contributed by atoms with Crippen LogP contribution in [0.3, 0.4) is 0 Å². The number of anilines is 3. The number of halogens is 1. The predicted octanol–water partition coefficient (Wildman–Crippen LogP) is 4.12. The highest BCUT2D eigenvalue weighted by Crippen LogP contribution is 2.33. The van der Waals surface area contributed by atoms with E-state index in [1.807, 2.05) is 25.1 Å². The van der Waals surface area contributed by atoms with E-state index in [4.69, 9.17) is 4.74 Å². The van der Waals surface area contributed by atoms with E-state index in [0.717, 1.165) is 40.3 Å². The monoisotopic (exact) mass is 350 g/mol. The lowest BCUT2D eigenvalue weighted by molar-refractivity contribution is 0.416. The first kappa shape index (κ1) is 15.6. The molecule has 1 aromatic carbocycles. The molecule has 0 unspecified atom stereocenters. The first-order valence-corrected chi connectivity index (χ1v) is 7.61. The van der Waals surface area contributed by atoms with Gasteiger partial charge in [-0.25, -0.2) is 9.97 Å². The first-order chi connectivity index (χ1) is 10.2. The van der Waals surface area contributed by atoms with E-state index >= 15 is 0 Å². The Morgan fingerprint density at radius 3 is 2.71 bits per heavy atom. The maximum atomic E-state index is 5.37. The maximum Gasteiger partial charge on any atom is 0.150 e. The molecule has 6 heteroatoms. The number of hydrogen-bond acceptors (Lipinski definition) is 5. The Morgan fingerprint density at radius 1 is 1.24 bits per heavy atom. The van der Waals surface area contributed by atoms with Crippen LogP contribution in [-0.4, -0.2) is 23.6 Å². The molecule has 0 radical (unpaired) electrons. The molecule has 0 saturated heterocycles. The Balaban J connectivity index is 2.29. The summed E-state index contributed by atoms with van der Waals surface area (Å²) in [6, 6.07) is 5.96. The molecule has 0 saturated carbocycles. The van der Waals surface area contributed by atoms with E-state index in [2.05, 4.69) is 43.5 Å². The molecule has 0 fully saturated rings. The highest BCUT2D eigenvalue weighted by Gasteiger charge is 2.11. The van der Waals surface area contributed by atoms with Gasteiger partial charge in [0.05, 0.1) is 12.8 Å². The summed E-state index contributed by atoms with van der Waals surface area (Å²) >= 11 is 3.54. The topological polar surface area (TPSA) is 59.1 Å². The molecule has 2 rings (SSSR count). The summed E-state index contributed by atoms with van der Waals surface area (Å²) in [6.07, 6.45) is 2.57. The molecule has 112 valence electrons. The molecule has 0 aliphatic heterocycles. The Kier molecular flexibility index (Phi) is 5.38. The zero-order chi connectivity index (χ0) is 15.2. The number of hydrogen-bond donors (Lipinski definition) is 2. The van der Waals surface area contributed by atoms with Gasteiger partial charge in [-0.3, -0.25) is 0 Å². The van der Waals surface area contributed by atoms with Crippen LogP contribution in [0.1, 0.15) is 18.9 Å². The molecule has 5 nitrogen and oxygen atoms in total. The second-order valence-corrected chi connectivity index (χ2v) is 5.43. The van der Waals surface area contributed by atoms with Crippen LogP contribution in [0, 0.1) is 6.92 Å². The minimum Gasteiger partial charge on any atom is -0.495 e. The minimum absolute atomic E-state index is 0.701. The summed E-state index contributed by atoms with van der Waals surface area (Å²) in [6.45, 7) is 5.01. The number of benzene rings is 1. The van der Waals surface area contributed by atoms with E-state index in [-0.39, 0.29) is 0 Å². The predicted molar refractivity (Wildman–Crippen MR) is 89.5 cm³/mol. The largest absolute Gasteiger partial charge is 0.495 e. The number of aromatic nitrogens is 2. The summed E-state index contributed by atoms with van der Waals surface area (Å²) in [4.78, 5) is 8.52. The highest BCUT2D eigenvalue weighted by molar-refractivity contribution is 9.10. The Bertz CT molecular complexity index is 619. The van der Waals surface area contributed by atoms with Crippen LogP contribution in [0.15, 0.2) is 29.0 Å². The quantitative estimate of drug-likeness (QED) is 0.820. The van der Waals surface area contributed by atoms with Gasteiger partial charge in [-0.1, -0.05) is 13.0 Å². The van der Waals surface area contributed by atoms with Crippen LogP contribution in [0.5, 0.6) is 5.75 Å². The molecule has 0 aliphatic rings. The standard InChI is InChI=1S/C15H19BrN4O/c1-4-7-17-14-13(16)15(19-9-18-14)20-11-8-10(2)5-6-12(11)21-3/h5-6,8-9H,4,7H2,1-3H3,(H2,17,18,19,20). The van der Waals surface area contributed by atoms with Gasteiger partial charge in [0.1, 0.15) is 28.2 Å². The van der Waals surface area contributed by atoms with Gasteiger partial charge in [-0.2, -0.15) is 0 Å². The molecule has 2 N–H and O–H groups in total. The van der Waals surface area contributed by atoms with Crippen LogP contribution >= 0.6 is 15.9 Å². The summed E-state index contributed by atoms with van der Waals surface area (Å²) in [5, 5.41) is 6.55. The third kappa shape index (κ3) is 3.85. The van der Waals surface area contributed by atoms with Crippen LogP contribution in [0.2, 0.25) is 0 Å². The lowest BCUT2D eigenvalue weighted by Gasteiger charge is -2.14. The fourth-order valence-corrected chi connectivity index (χ4v) is 2.31. The Labute approximate surface area is 133 Å². The summed E-state index contributed by atoms with van der Waals surface area (Å²) < 4.78 is 6.18. The fourth-order valence-electron chi connectivity index (χ4n) is 1.87. The SMILES string of the molecule is CCCNc1ncnc(Nc2cc(C)ccc2OC)c1Br. The average molecular weight is 351 g/mol. The smallest absolute Gasteiger partial charge is 0.150 e. The second-order valence-electron chi connectivity index (χ2n) is 4.64. The Morgan fingerprint density at radius 2 is 2.00 bits per heavy atom. The van der Waals surface area contributed by atoms with Gasteiger partial charge in [-0.05, 0) is 47.0 Å². The van der Waals surface area contributed by atoms with E-state index in [9.17, 15) is 0 Å². The van der Waals surface area contributed by atoms with Crippen molar-refractivity contribution >= 4 is 33.3 Å². The zero-order valence-corrected chi connectivity index (χ0v) is 14.0. The molecule has 0 atom stereocenters. The fraction of sp³-hybridized carbons (Fsp3) is 0.333. The Hall–Kier alpha value is -1.82. The molecule has 21 heavy (non-hydrogen) atoms. The molecule has 2 aromatic rings. The minimum atomic E-state index is 0.701. The second kappa shape index (κ2) is 7.26. The molecular formula is C15H19BrN4O. The van der Waals surface area contributed by atoms with Crippen LogP contribution < -0.4 is 15.4 Å². The van der Waals surface area contributed by atoms with Crippen molar-refractivity contribution in [3.63, 3.8) is 0 Å². The van der Waals surface area contributed by atoms with Crippen molar-refractivity contribution in [2.75, 3.05) is 24.3 Å². The lowest BCUT2D eigenvalue weighted by Crippen LogP contribution is -2.05. The van der Waals surface area contributed by atoms with E-state index < -0.39 is 0 Å². The van der Waals surface area contributed by atoms with Crippen molar-refractivity contribution in [2.45, 2.75) is 20.3 Å². The molecule has 1 aromatic heterocycles. The van der Waals surface area contributed by atoms with Gasteiger partial charge in [0.25, 0.3) is 0 Å². The third-order valence-corrected chi connectivity index (χ3v) is 3.69. The van der Waals surface area contributed by atoms with Crippen molar-refractivity contribution in [3.8, 4) is 5.75 Å². The van der Waals surface area contributed by atoms with Gasteiger partial charge in [0, 0.05) is 6.54 Å². The van der Waals surface area contributed by atoms with Crippen molar-refractivity contribution in [1.29, 1.82) is 0 Å². The third-order valence-electron chi connectivity index (χ3n) is 2.94. The normalized spacial score (nSPS) is 10.3. The lowest BCUT2D eigenvalue weighted by atomic mass is 10.2. The van der Waals surface area contributed by atoms with E-state index in [1.165, 1.54) is 6.33 Å². The molecular weight excluding hydrogens is 332 g/mol. The van der Waals surface area contributed by atoms with Gasteiger partial charge >= 0.3 is 0 Å². The highest BCUT2D eigenvalue weighted by atomic mass is 79.9. The molecule has 0 aliphatic carbocycles. The molecule has 0 spiro atoms. The zero-order valence-electron chi connectivity index (χ0n) is 12.4. The number of ether oxygens (including phenoxy) is 1. The van der Waals surface area contributed by atoms with Gasteiger partial charge in [-0.15, -0.1) is 0 Å². The van der Waals surface area contributed by atoms with E-state index in [0.29, 0.717) is 5.82 Å². The van der Waals surface area contributed by atoms with Crippen LogP contribution in [-0.2, 0) is 0 Å². The number of nitrogens with one attached hydrogen (secondary N) is 2.